The van der Waals surface area contributed by atoms with Gasteiger partial charge < -0.3 is 15.4 Å². The second-order valence-corrected chi connectivity index (χ2v) is 7.31. The number of benzene rings is 2. The molecule has 1 aliphatic heterocycles. The Morgan fingerprint density at radius 3 is 2.73 bits per heavy atom. The van der Waals surface area contributed by atoms with Crippen molar-refractivity contribution in [2.75, 3.05) is 31.2 Å². The van der Waals surface area contributed by atoms with E-state index in [4.69, 9.17) is 10.5 Å². The maximum atomic E-state index is 13.7. The second-order valence-electron chi connectivity index (χ2n) is 7.31. The van der Waals surface area contributed by atoms with Gasteiger partial charge in [0.2, 0.25) is 0 Å². The third-order valence-corrected chi connectivity index (χ3v) is 5.48. The van der Waals surface area contributed by atoms with Gasteiger partial charge in [-0.05, 0) is 37.3 Å². The highest BCUT2D eigenvalue weighted by atomic mass is 19.1. The average molecular weight is 405 g/mol. The third-order valence-electron chi connectivity index (χ3n) is 5.48. The molecule has 2 aromatic carbocycles. The molecule has 4 aromatic rings. The normalized spacial score (nSPS) is 14.5. The molecule has 7 nitrogen and oxygen atoms in total. The summed E-state index contributed by atoms with van der Waals surface area (Å²) in [4.78, 5) is 23.3. The van der Waals surface area contributed by atoms with E-state index in [-0.39, 0.29) is 5.82 Å². The number of fused-ring (bicyclic) bond motifs is 2. The van der Waals surface area contributed by atoms with Crippen LogP contribution in [0.25, 0.3) is 27.6 Å². The van der Waals surface area contributed by atoms with Crippen molar-refractivity contribution in [3.8, 4) is 5.69 Å². The van der Waals surface area contributed by atoms with Crippen molar-refractivity contribution < 1.29 is 13.9 Å². The van der Waals surface area contributed by atoms with Gasteiger partial charge in [0.1, 0.15) is 17.2 Å². The van der Waals surface area contributed by atoms with Crippen molar-refractivity contribution in [1.29, 1.82) is 0 Å². The Hall–Kier alpha value is -3.52. The van der Waals surface area contributed by atoms with Gasteiger partial charge in [0, 0.05) is 36.4 Å². The zero-order valence-corrected chi connectivity index (χ0v) is 16.4. The van der Waals surface area contributed by atoms with Gasteiger partial charge in [-0.2, -0.15) is 0 Å². The number of imidazole rings is 1. The van der Waals surface area contributed by atoms with Crippen molar-refractivity contribution in [2.24, 2.45) is 5.73 Å². The van der Waals surface area contributed by atoms with Crippen LogP contribution < -0.4 is 10.6 Å². The Kier molecular flexibility index (Phi) is 4.36. The van der Waals surface area contributed by atoms with E-state index in [2.05, 4.69) is 14.9 Å². The fourth-order valence-corrected chi connectivity index (χ4v) is 4.08. The number of aromatic nitrogens is 3. The largest absolute Gasteiger partial charge is 0.378 e. The Morgan fingerprint density at radius 2 is 1.97 bits per heavy atom. The highest BCUT2D eigenvalue weighted by molar-refractivity contribution is 6.06. The number of carbonyl (C=O) groups excluding carboxylic acids is 1. The molecule has 2 aromatic heterocycles. The summed E-state index contributed by atoms with van der Waals surface area (Å²) < 4.78 is 21.1. The zero-order chi connectivity index (χ0) is 20.8. The van der Waals surface area contributed by atoms with Crippen molar-refractivity contribution in [2.45, 2.75) is 6.92 Å². The smallest absolute Gasteiger partial charge is 0.251 e. The Morgan fingerprint density at radius 1 is 1.17 bits per heavy atom. The first kappa shape index (κ1) is 18.5. The summed E-state index contributed by atoms with van der Waals surface area (Å²) in [6.45, 7) is 4.59. The molecule has 1 saturated heterocycles. The van der Waals surface area contributed by atoms with E-state index >= 15 is 0 Å². The quantitative estimate of drug-likeness (QED) is 0.566. The third kappa shape index (κ3) is 2.96. The lowest BCUT2D eigenvalue weighted by molar-refractivity contribution is 0.100. The van der Waals surface area contributed by atoms with Gasteiger partial charge in [-0.25, -0.2) is 9.37 Å². The van der Waals surface area contributed by atoms with Gasteiger partial charge in [-0.15, -0.1) is 0 Å². The van der Waals surface area contributed by atoms with E-state index in [0.29, 0.717) is 35.6 Å². The fourth-order valence-electron chi connectivity index (χ4n) is 4.08. The minimum Gasteiger partial charge on any atom is -0.378 e. The molecule has 0 unspecified atom stereocenters. The molecule has 3 heterocycles. The summed E-state index contributed by atoms with van der Waals surface area (Å²) in [5.41, 5.74) is 9.64. The lowest BCUT2D eigenvalue weighted by atomic mass is 10.1. The van der Waals surface area contributed by atoms with Gasteiger partial charge >= 0.3 is 0 Å². The summed E-state index contributed by atoms with van der Waals surface area (Å²) in [5.74, 6) is -0.171. The number of carbonyl (C=O) groups is 1. The molecule has 1 amide bonds. The van der Waals surface area contributed by atoms with E-state index in [9.17, 15) is 9.18 Å². The summed E-state index contributed by atoms with van der Waals surface area (Å²) in [7, 11) is 0. The molecule has 1 fully saturated rings. The van der Waals surface area contributed by atoms with Gasteiger partial charge in [-0.3, -0.25) is 14.3 Å². The van der Waals surface area contributed by atoms with Gasteiger partial charge in [0.25, 0.3) is 5.91 Å². The van der Waals surface area contributed by atoms with Crippen LogP contribution in [-0.2, 0) is 4.74 Å². The molecule has 0 bridgehead atoms. The topological polar surface area (TPSA) is 86.3 Å². The molecular formula is C22H20FN5O2. The molecule has 0 aliphatic carbocycles. The number of anilines is 1. The van der Waals surface area contributed by atoms with Crippen LogP contribution in [0.4, 0.5) is 10.1 Å². The monoisotopic (exact) mass is 405 g/mol. The van der Waals surface area contributed by atoms with Gasteiger partial charge in [0.05, 0.1) is 35.5 Å². The number of halogens is 1. The number of nitrogens with zero attached hydrogens (tertiary/aromatic N) is 4. The van der Waals surface area contributed by atoms with E-state index in [1.807, 2.05) is 23.6 Å². The van der Waals surface area contributed by atoms with E-state index < -0.39 is 5.91 Å². The fraction of sp³-hybridized carbons (Fsp3) is 0.227. The van der Waals surface area contributed by atoms with Crippen LogP contribution in [0.1, 0.15) is 16.2 Å². The van der Waals surface area contributed by atoms with Crippen LogP contribution in [0.5, 0.6) is 0 Å². The molecule has 2 N–H and O–H groups in total. The number of rotatable bonds is 3. The lowest BCUT2D eigenvalue weighted by Gasteiger charge is -2.29. The Balaban J connectivity index is 1.80. The SMILES string of the molecule is Cc1nc2c(C(N)=O)cc(N3CCOCC3)cc2n1-c1ccnc2cc(F)ccc12. The maximum absolute atomic E-state index is 13.7. The molecule has 0 atom stereocenters. The molecule has 152 valence electrons. The van der Waals surface area contributed by atoms with Gasteiger partial charge in [0.15, 0.2) is 0 Å². The number of hydrogen-bond acceptors (Lipinski definition) is 5. The molecule has 0 radical (unpaired) electrons. The Bertz CT molecular complexity index is 1290. The number of ether oxygens (including phenoxy) is 1. The second kappa shape index (κ2) is 7.07. The molecule has 0 spiro atoms. The number of amides is 1. The van der Waals surface area contributed by atoms with E-state index in [1.165, 1.54) is 12.1 Å². The number of hydrogen-bond donors (Lipinski definition) is 1. The van der Waals surface area contributed by atoms with Crippen LogP contribution in [-0.4, -0.2) is 46.7 Å². The number of aryl methyl sites for hydroxylation is 1. The number of pyridine rings is 1. The Labute approximate surface area is 171 Å². The van der Waals surface area contributed by atoms with Crippen LogP contribution >= 0.6 is 0 Å². The first-order valence-electron chi connectivity index (χ1n) is 9.73. The maximum Gasteiger partial charge on any atom is 0.251 e. The van der Waals surface area contributed by atoms with Crippen LogP contribution in [0.2, 0.25) is 0 Å². The minimum atomic E-state index is -0.526. The average Bonchev–Trinajstić information content (AvgIpc) is 3.08. The molecule has 30 heavy (non-hydrogen) atoms. The first-order valence-corrected chi connectivity index (χ1v) is 9.73. The first-order chi connectivity index (χ1) is 14.5. The summed E-state index contributed by atoms with van der Waals surface area (Å²) in [6.07, 6.45) is 1.64. The number of morpholine rings is 1. The molecule has 5 rings (SSSR count). The van der Waals surface area contributed by atoms with E-state index in [1.54, 1.807) is 18.3 Å². The highest BCUT2D eigenvalue weighted by Gasteiger charge is 2.21. The predicted octanol–water partition coefficient (Wildman–Crippen LogP) is 2.96. The van der Waals surface area contributed by atoms with E-state index in [0.717, 1.165) is 35.4 Å². The van der Waals surface area contributed by atoms with Crippen molar-refractivity contribution >= 4 is 33.5 Å². The molecular weight excluding hydrogens is 385 g/mol. The number of nitrogens with two attached hydrogens (primary N) is 1. The molecule has 8 heteroatoms. The lowest BCUT2D eigenvalue weighted by Crippen LogP contribution is -2.36. The van der Waals surface area contributed by atoms with Crippen LogP contribution in [0, 0.1) is 12.7 Å². The van der Waals surface area contributed by atoms with Gasteiger partial charge in [-0.1, -0.05) is 0 Å². The van der Waals surface area contributed by atoms with Crippen molar-refractivity contribution in [3.63, 3.8) is 0 Å². The summed E-state index contributed by atoms with van der Waals surface area (Å²) in [6, 6.07) is 10.2. The van der Waals surface area contributed by atoms with Crippen molar-refractivity contribution in [1.82, 2.24) is 14.5 Å². The molecule has 0 saturated carbocycles. The van der Waals surface area contributed by atoms with Crippen molar-refractivity contribution in [3.05, 3.63) is 59.8 Å². The van der Waals surface area contributed by atoms with Crippen LogP contribution in [0.3, 0.4) is 0 Å². The summed E-state index contributed by atoms with van der Waals surface area (Å²) >= 11 is 0. The highest BCUT2D eigenvalue weighted by Crippen LogP contribution is 2.32. The zero-order valence-electron chi connectivity index (χ0n) is 16.4. The summed E-state index contributed by atoms with van der Waals surface area (Å²) in [5, 5.41) is 0.790. The van der Waals surface area contributed by atoms with Crippen LogP contribution in [0.15, 0.2) is 42.6 Å². The minimum absolute atomic E-state index is 0.343. The molecule has 1 aliphatic rings. The predicted molar refractivity (Wildman–Crippen MR) is 113 cm³/mol. The number of primary amides is 1. The standard InChI is InChI=1S/C22H20FN5O2/c1-13-26-21-17(22(24)29)11-15(27-6-8-30-9-7-27)12-20(21)28(13)19-4-5-25-18-10-14(23)2-3-16(18)19/h2-5,10-12H,6-9H2,1H3,(H2,24,29).